The van der Waals surface area contributed by atoms with Crippen LogP contribution in [0, 0.1) is 0 Å². The second-order valence-electron chi connectivity index (χ2n) is 5.80. The van der Waals surface area contributed by atoms with E-state index in [1.54, 1.807) is 12.4 Å². The lowest BCUT2D eigenvalue weighted by molar-refractivity contribution is 0.295. The lowest BCUT2D eigenvalue weighted by atomic mass is 9.99. The highest BCUT2D eigenvalue weighted by Crippen LogP contribution is 2.35. The maximum atomic E-state index is 10.4. The van der Waals surface area contributed by atoms with Crippen LogP contribution in [-0.2, 0) is 0 Å². The van der Waals surface area contributed by atoms with E-state index < -0.39 is 5.66 Å². The number of para-hydroxylation sites is 1. The number of H-pyrrole nitrogens is 1. The van der Waals surface area contributed by atoms with E-state index in [0.717, 1.165) is 35.7 Å². The Morgan fingerprint density at radius 3 is 3.05 bits per heavy atom. The molecule has 22 heavy (non-hydrogen) atoms. The third kappa shape index (κ3) is 1.89. The molecule has 2 aromatic rings. The van der Waals surface area contributed by atoms with Crippen molar-refractivity contribution < 1.29 is 5.11 Å². The summed E-state index contributed by atoms with van der Waals surface area (Å²) in [4.78, 5) is 9.82. The third-order valence-corrected chi connectivity index (χ3v) is 4.27. The first-order chi connectivity index (χ1) is 10.7. The molecule has 5 heteroatoms. The van der Waals surface area contributed by atoms with Crippen LogP contribution in [0.15, 0.2) is 53.8 Å². The van der Waals surface area contributed by atoms with Crippen molar-refractivity contribution in [1.29, 1.82) is 0 Å². The van der Waals surface area contributed by atoms with E-state index in [1.165, 1.54) is 0 Å². The highest BCUT2D eigenvalue weighted by molar-refractivity contribution is 6.07. The van der Waals surface area contributed by atoms with Gasteiger partial charge in [0.2, 0.25) is 0 Å². The fourth-order valence-corrected chi connectivity index (χ4v) is 3.20. The number of aromatic nitrogens is 1. The standard InChI is InChI=1S/C17H18N4O/c1-17(10-15(22)12-6-7-18-11-12)20-14-5-3-2-4-13(14)16-19-8-9-21(16)17/h2-7,10-11,18,20,22H,8-9H2,1H3/b15-10-. The van der Waals surface area contributed by atoms with Crippen molar-refractivity contribution >= 4 is 17.3 Å². The predicted molar refractivity (Wildman–Crippen MR) is 88.0 cm³/mol. The maximum absolute atomic E-state index is 10.4. The molecule has 0 saturated heterocycles. The number of rotatable bonds is 2. The molecule has 0 spiro atoms. The molecule has 2 aliphatic rings. The summed E-state index contributed by atoms with van der Waals surface area (Å²) in [6, 6.07) is 10.0. The van der Waals surface area contributed by atoms with Crippen molar-refractivity contribution in [3.63, 3.8) is 0 Å². The fraction of sp³-hybridized carbons (Fsp3) is 0.235. The molecule has 3 heterocycles. The van der Waals surface area contributed by atoms with E-state index in [-0.39, 0.29) is 5.76 Å². The largest absolute Gasteiger partial charge is 0.507 e. The Hall–Kier alpha value is -2.69. The van der Waals surface area contributed by atoms with Gasteiger partial charge in [0.1, 0.15) is 17.3 Å². The highest BCUT2D eigenvalue weighted by Gasteiger charge is 2.40. The molecule has 0 aliphatic carbocycles. The van der Waals surface area contributed by atoms with Crippen LogP contribution in [0.25, 0.3) is 5.76 Å². The van der Waals surface area contributed by atoms with Gasteiger partial charge in [0.25, 0.3) is 0 Å². The van der Waals surface area contributed by atoms with Gasteiger partial charge in [-0.2, -0.15) is 0 Å². The zero-order valence-electron chi connectivity index (χ0n) is 12.4. The molecule has 1 aromatic heterocycles. The number of aliphatic imine (C=N–C) groups is 1. The number of nitrogens with zero attached hydrogens (tertiary/aromatic N) is 2. The smallest absolute Gasteiger partial charge is 0.135 e. The van der Waals surface area contributed by atoms with E-state index in [9.17, 15) is 5.11 Å². The summed E-state index contributed by atoms with van der Waals surface area (Å²) in [6.45, 7) is 3.68. The summed E-state index contributed by atoms with van der Waals surface area (Å²) < 4.78 is 0. The van der Waals surface area contributed by atoms with Gasteiger partial charge in [-0.25, -0.2) is 0 Å². The molecule has 4 rings (SSSR count). The number of hydrogen-bond acceptors (Lipinski definition) is 4. The normalized spacial score (nSPS) is 23.6. The van der Waals surface area contributed by atoms with Gasteiger partial charge < -0.3 is 20.3 Å². The first kappa shape index (κ1) is 13.0. The zero-order chi connectivity index (χ0) is 15.2. The monoisotopic (exact) mass is 294 g/mol. The van der Waals surface area contributed by atoms with Crippen LogP contribution >= 0.6 is 0 Å². The van der Waals surface area contributed by atoms with E-state index >= 15 is 0 Å². The average Bonchev–Trinajstić information content (AvgIpc) is 3.19. The molecule has 1 atom stereocenters. The molecule has 2 aliphatic heterocycles. The summed E-state index contributed by atoms with van der Waals surface area (Å²) in [6.07, 6.45) is 5.44. The molecule has 1 aromatic carbocycles. The SMILES string of the molecule is CC1(/C=C(\O)c2cc[nH]c2)Nc2ccccc2C2=NCCN21. The quantitative estimate of drug-likeness (QED) is 0.746. The number of hydrogen-bond donors (Lipinski definition) is 3. The van der Waals surface area contributed by atoms with E-state index in [4.69, 9.17) is 0 Å². The van der Waals surface area contributed by atoms with Crippen LogP contribution in [0.2, 0.25) is 0 Å². The molecule has 0 amide bonds. The Bertz CT molecular complexity index is 763. The predicted octanol–water partition coefficient (Wildman–Crippen LogP) is 2.82. The van der Waals surface area contributed by atoms with Crippen molar-refractivity contribution in [3.05, 3.63) is 59.9 Å². The number of aliphatic hydroxyl groups excluding tert-OH is 1. The maximum Gasteiger partial charge on any atom is 0.135 e. The molecule has 0 saturated carbocycles. The Balaban J connectivity index is 1.79. The van der Waals surface area contributed by atoms with E-state index in [2.05, 4.69) is 33.2 Å². The first-order valence-electron chi connectivity index (χ1n) is 7.42. The van der Waals surface area contributed by atoms with Crippen molar-refractivity contribution in [2.45, 2.75) is 12.6 Å². The zero-order valence-corrected chi connectivity index (χ0v) is 12.4. The topological polar surface area (TPSA) is 63.6 Å². The van der Waals surface area contributed by atoms with Gasteiger partial charge in [0, 0.05) is 41.8 Å². The van der Waals surface area contributed by atoms with Crippen LogP contribution in [0.3, 0.4) is 0 Å². The van der Waals surface area contributed by atoms with Crippen molar-refractivity contribution in [2.24, 2.45) is 4.99 Å². The minimum atomic E-state index is -0.509. The molecule has 0 radical (unpaired) electrons. The second-order valence-corrected chi connectivity index (χ2v) is 5.80. The summed E-state index contributed by atoms with van der Waals surface area (Å²) in [7, 11) is 0. The fourth-order valence-electron chi connectivity index (χ4n) is 3.20. The summed E-state index contributed by atoms with van der Waals surface area (Å²) in [5.41, 5.74) is 2.43. The Labute approximate surface area is 129 Å². The summed E-state index contributed by atoms with van der Waals surface area (Å²) in [5, 5.41) is 14.0. The van der Waals surface area contributed by atoms with Crippen LogP contribution in [0.1, 0.15) is 18.1 Å². The number of aromatic amines is 1. The number of fused-ring (bicyclic) bond motifs is 3. The van der Waals surface area contributed by atoms with Crippen LogP contribution in [0.4, 0.5) is 5.69 Å². The van der Waals surface area contributed by atoms with Crippen molar-refractivity contribution in [2.75, 3.05) is 18.4 Å². The van der Waals surface area contributed by atoms with Gasteiger partial charge in [-0.15, -0.1) is 0 Å². The highest BCUT2D eigenvalue weighted by atomic mass is 16.3. The van der Waals surface area contributed by atoms with Gasteiger partial charge in [-0.05, 0) is 25.1 Å². The number of nitrogens with one attached hydrogen (secondary N) is 2. The summed E-state index contributed by atoms with van der Waals surface area (Å²) >= 11 is 0. The van der Waals surface area contributed by atoms with Gasteiger partial charge >= 0.3 is 0 Å². The number of anilines is 1. The number of benzene rings is 1. The molecule has 0 fully saturated rings. The van der Waals surface area contributed by atoms with Crippen LogP contribution in [0.5, 0.6) is 0 Å². The number of amidine groups is 1. The summed E-state index contributed by atoms with van der Waals surface area (Å²) in [5.74, 6) is 1.25. The minimum Gasteiger partial charge on any atom is -0.507 e. The molecule has 112 valence electrons. The van der Waals surface area contributed by atoms with E-state index in [0.29, 0.717) is 0 Å². The molecule has 5 nitrogen and oxygen atoms in total. The average molecular weight is 294 g/mol. The van der Waals surface area contributed by atoms with Gasteiger partial charge in [0.05, 0.1) is 6.54 Å². The lowest BCUT2D eigenvalue weighted by Gasteiger charge is -2.44. The van der Waals surface area contributed by atoms with Gasteiger partial charge in [0.15, 0.2) is 0 Å². The molecule has 1 unspecified atom stereocenters. The minimum absolute atomic E-state index is 0.252. The van der Waals surface area contributed by atoms with Crippen LogP contribution < -0.4 is 5.32 Å². The molecular weight excluding hydrogens is 276 g/mol. The van der Waals surface area contributed by atoms with Crippen molar-refractivity contribution in [1.82, 2.24) is 9.88 Å². The Kier molecular flexibility index (Phi) is 2.76. The Morgan fingerprint density at radius 2 is 2.23 bits per heavy atom. The van der Waals surface area contributed by atoms with Crippen molar-refractivity contribution in [3.8, 4) is 0 Å². The van der Waals surface area contributed by atoms with Gasteiger partial charge in [-0.1, -0.05) is 12.1 Å². The van der Waals surface area contributed by atoms with E-state index in [1.807, 2.05) is 30.3 Å². The molecule has 3 N–H and O–H groups in total. The number of aliphatic hydroxyl groups is 1. The van der Waals surface area contributed by atoms with Gasteiger partial charge in [-0.3, -0.25) is 4.99 Å². The second kappa shape index (κ2) is 4.66. The Morgan fingerprint density at radius 1 is 1.36 bits per heavy atom. The first-order valence-corrected chi connectivity index (χ1v) is 7.42. The van der Waals surface area contributed by atoms with Crippen LogP contribution in [-0.4, -0.2) is 39.6 Å². The third-order valence-electron chi connectivity index (χ3n) is 4.27. The molecular formula is C17H18N4O. The molecule has 0 bridgehead atoms. The lowest BCUT2D eigenvalue weighted by Crippen LogP contribution is -2.56.